The molecule has 1 aliphatic carbocycles. The third-order valence-electron chi connectivity index (χ3n) is 4.93. The fraction of sp³-hybridized carbons (Fsp3) is 0.588. The molecule has 1 heterocycles. The molecule has 1 amide bonds. The monoisotopic (exact) mass is 288 g/mol. The van der Waals surface area contributed by atoms with E-state index in [4.69, 9.17) is 5.73 Å². The number of β-amino-alcohol motifs (C(OH)–C–C–N with tert-alkyl or cyclic N) is 1. The summed E-state index contributed by atoms with van der Waals surface area (Å²) < 4.78 is 0. The topological polar surface area (TPSA) is 66.6 Å². The van der Waals surface area contributed by atoms with E-state index in [0.29, 0.717) is 6.54 Å². The standard InChI is InChI=1S/C17H24N2O2/c18-17(21)13-6-8-19(9-7-13)11-16(20)15-5-4-12-2-1-3-14(12)10-15/h4-5,10,13,16,20H,1-3,6-9,11H2,(H2,18,21). The maximum Gasteiger partial charge on any atom is 0.220 e. The van der Waals surface area contributed by atoms with E-state index in [1.165, 1.54) is 24.0 Å². The number of aliphatic hydroxyl groups is 1. The SMILES string of the molecule is NC(=O)C1CCN(CC(O)c2ccc3c(c2)CCC3)CC1. The second-order valence-electron chi connectivity index (χ2n) is 6.37. The van der Waals surface area contributed by atoms with Gasteiger partial charge in [0.05, 0.1) is 6.10 Å². The Hall–Kier alpha value is -1.39. The number of aliphatic hydroxyl groups excluding tert-OH is 1. The summed E-state index contributed by atoms with van der Waals surface area (Å²) in [6.45, 7) is 2.33. The molecule has 1 aromatic carbocycles. The molecule has 114 valence electrons. The van der Waals surface area contributed by atoms with Gasteiger partial charge in [0.25, 0.3) is 0 Å². The Morgan fingerprint density at radius 3 is 2.71 bits per heavy atom. The van der Waals surface area contributed by atoms with Crippen LogP contribution in [-0.4, -0.2) is 35.5 Å². The molecular weight excluding hydrogens is 264 g/mol. The fourth-order valence-corrected chi connectivity index (χ4v) is 3.55. The zero-order chi connectivity index (χ0) is 14.8. The molecule has 0 aromatic heterocycles. The van der Waals surface area contributed by atoms with Crippen molar-refractivity contribution in [2.45, 2.75) is 38.2 Å². The number of carbonyl (C=O) groups excluding carboxylic acids is 1. The third-order valence-corrected chi connectivity index (χ3v) is 4.93. The Morgan fingerprint density at radius 2 is 2.00 bits per heavy atom. The summed E-state index contributed by atoms with van der Waals surface area (Å²) in [5.41, 5.74) is 9.21. The number of likely N-dealkylation sites (tertiary alicyclic amines) is 1. The van der Waals surface area contributed by atoms with Crippen molar-refractivity contribution in [1.82, 2.24) is 4.90 Å². The first-order valence-electron chi connectivity index (χ1n) is 7.95. The average Bonchev–Trinajstić information content (AvgIpc) is 2.95. The van der Waals surface area contributed by atoms with Gasteiger partial charge in [-0.1, -0.05) is 18.2 Å². The molecule has 1 aliphatic heterocycles. The molecule has 2 aliphatic rings. The van der Waals surface area contributed by atoms with Crippen molar-refractivity contribution in [1.29, 1.82) is 0 Å². The molecule has 1 aromatic rings. The van der Waals surface area contributed by atoms with E-state index >= 15 is 0 Å². The molecule has 1 saturated heterocycles. The van der Waals surface area contributed by atoms with Crippen LogP contribution < -0.4 is 5.73 Å². The summed E-state index contributed by atoms with van der Waals surface area (Å²) >= 11 is 0. The highest BCUT2D eigenvalue weighted by Crippen LogP contribution is 2.26. The Balaban J connectivity index is 1.57. The zero-order valence-electron chi connectivity index (χ0n) is 12.4. The molecule has 0 spiro atoms. The number of fused-ring (bicyclic) bond motifs is 1. The molecule has 0 bridgehead atoms. The summed E-state index contributed by atoms with van der Waals surface area (Å²) in [7, 11) is 0. The van der Waals surface area contributed by atoms with Crippen LogP contribution in [0, 0.1) is 5.92 Å². The van der Waals surface area contributed by atoms with E-state index in [9.17, 15) is 9.90 Å². The Morgan fingerprint density at radius 1 is 1.29 bits per heavy atom. The predicted molar refractivity (Wildman–Crippen MR) is 81.8 cm³/mol. The summed E-state index contributed by atoms with van der Waals surface area (Å²) in [5.74, 6) is -0.174. The molecule has 1 atom stereocenters. The van der Waals surface area contributed by atoms with Gasteiger partial charge in [-0.25, -0.2) is 0 Å². The summed E-state index contributed by atoms with van der Waals surface area (Å²) in [6.07, 6.45) is 4.72. The van der Waals surface area contributed by atoms with Crippen molar-refractivity contribution in [2.24, 2.45) is 11.7 Å². The number of benzene rings is 1. The molecule has 21 heavy (non-hydrogen) atoms. The number of nitrogens with two attached hydrogens (primary N) is 1. The summed E-state index contributed by atoms with van der Waals surface area (Å²) in [4.78, 5) is 13.4. The van der Waals surface area contributed by atoms with Gasteiger partial charge in [-0.2, -0.15) is 0 Å². The second kappa shape index (κ2) is 6.16. The molecular formula is C17H24N2O2. The highest BCUT2D eigenvalue weighted by molar-refractivity contribution is 5.76. The Bertz CT molecular complexity index is 522. The van der Waals surface area contributed by atoms with Gasteiger partial charge in [0.1, 0.15) is 0 Å². The first-order valence-corrected chi connectivity index (χ1v) is 7.95. The number of aryl methyl sites for hydroxylation is 2. The maximum absolute atomic E-state index is 11.2. The second-order valence-corrected chi connectivity index (χ2v) is 6.37. The van der Waals surface area contributed by atoms with Crippen molar-refractivity contribution in [3.05, 3.63) is 34.9 Å². The molecule has 0 radical (unpaired) electrons. The normalized spacial score (nSPS) is 21.2. The Labute approximate surface area is 125 Å². The van der Waals surface area contributed by atoms with Crippen LogP contribution in [-0.2, 0) is 17.6 Å². The van der Waals surface area contributed by atoms with Crippen molar-refractivity contribution in [2.75, 3.05) is 19.6 Å². The molecule has 3 rings (SSSR count). The van der Waals surface area contributed by atoms with Crippen molar-refractivity contribution >= 4 is 5.91 Å². The van der Waals surface area contributed by atoms with Gasteiger partial charge < -0.3 is 15.7 Å². The van der Waals surface area contributed by atoms with Gasteiger partial charge in [-0.3, -0.25) is 4.79 Å². The molecule has 3 N–H and O–H groups in total. The molecule has 0 saturated carbocycles. The van der Waals surface area contributed by atoms with E-state index < -0.39 is 6.10 Å². The van der Waals surface area contributed by atoms with Crippen LogP contribution in [0.4, 0.5) is 0 Å². The minimum atomic E-state index is -0.443. The minimum absolute atomic E-state index is 0.0124. The number of hydrogen-bond acceptors (Lipinski definition) is 3. The zero-order valence-corrected chi connectivity index (χ0v) is 12.4. The number of carbonyl (C=O) groups is 1. The van der Waals surface area contributed by atoms with Crippen molar-refractivity contribution < 1.29 is 9.90 Å². The van der Waals surface area contributed by atoms with Gasteiger partial charge in [0.15, 0.2) is 0 Å². The number of hydrogen-bond donors (Lipinski definition) is 2. The predicted octanol–water partition coefficient (Wildman–Crippen LogP) is 1.41. The largest absolute Gasteiger partial charge is 0.387 e. The summed E-state index contributed by atoms with van der Waals surface area (Å²) in [5, 5.41) is 10.4. The third kappa shape index (κ3) is 3.27. The highest BCUT2D eigenvalue weighted by Gasteiger charge is 2.25. The van der Waals surface area contributed by atoms with Crippen LogP contribution in [0.15, 0.2) is 18.2 Å². The summed E-state index contributed by atoms with van der Waals surface area (Å²) in [6, 6.07) is 6.40. The van der Waals surface area contributed by atoms with Crippen LogP contribution in [0.1, 0.15) is 42.1 Å². The Kier molecular flexibility index (Phi) is 4.27. The quantitative estimate of drug-likeness (QED) is 0.880. The van der Waals surface area contributed by atoms with Gasteiger partial charge in [-0.05, 0) is 61.9 Å². The van der Waals surface area contributed by atoms with Gasteiger partial charge in [-0.15, -0.1) is 0 Å². The van der Waals surface area contributed by atoms with Crippen LogP contribution in [0.25, 0.3) is 0 Å². The minimum Gasteiger partial charge on any atom is -0.387 e. The lowest BCUT2D eigenvalue weighted by Gasteiger charge is -2.32. The number of piperidine rings is 1. The van der Waals surface area contributed by atoms with Crippen LogP contribution in [0.5, 0.6) is 0 Å². The van der Waals surface area contributed by atoms with E-state index in [1.54, 1.807) is 0 Å². The lowest BCUT2D eigenvalue weighted by molar-refractivity contribution is -0.123. The van der Waals surface area contributed by atoms with Crippen molar-refractivity contribution in [3.8, 4) is 0 Å². The van der Waals surface area contributed by atoms with E-state index in [2.05, 4.69) is 23.1 Å². The van der Waals surface area contributed by atoms with Crippen molar-refractivity contribution in [3.63, 3.8) is 0 Å². The van der Waals surface area contributed by atoms with E-state index in [-0.39, 0.29) is 11.8 Å². The fourth-order valence-electron chi connectivity index (χ4n) is 3.55. The van der Waals surface area contributed by atoms with Gasteiger partial charge in [0, 0.05) is 12.5 Å². The molecule has 4 nitrogen and oxygen atoms in total. The first-order chi connectivity index (χ1) is 10.1. The highest BCUT2D eigenvalue weighted by atomic mass is 16.3. The number of primary amides is 1. The van der Waals surface area contributed by atoms with Crippen LogP contribution in [0.3, 0.4) is 0 Å². The molecule has 1 unspecified atom stereocenters. The number of nitrogens with zero attached hydrogens (tertiary/aromatic N) is 1. The van der Waals surface area contributed by atoms with Gasteiger partial charge >= 0.3 is 0 Å². The lowest BCUT2D eigenvalue weighted by Crippen LogP contribution is -2.40. The maximum atomic E-state index is 11.2. The number of amides is 1. The van der Waals surface area contributed by atoms with E-state index in [0.717, 1.165) is 37.9 Å². The molecule has 4 heteroatoms. The van der Waals surface area contributed by atoms with Crippen LogP contribution in [0.2, 0.25) is 0 Å². The number of rotatable bonds is 4. The van der Waals surface area contributed by atoms with Gasteiger partial charge in [0.2, 0.25) is 5.91 Å². The smallest absolute Gasteiger partial charge is 0.220 e. The van der Waals surface area contributed by atoms with E-state index in [1.807, 2.05) is 0 Å². The van der Waals surface area contributed by atoms with Crippen LogP contribution >= 0.6 is 0 Å². The lowest BCUT2D eigenvalue weighted by atomic mass is 9.95. The molecule has 1 fully saturated rings. The first kappa shape index (κ1) is 14.5. The average molecular weight is 288 g/mol.